The maximum absolute atomic E-state index is 14.1. The summed E-state index contributed by atoms with van der Waals surface area (Å²) in [5, 5.41) is 6.01. The predicted molar refractivity (Wildman–Crippen MR) is 237 cm³/mol. The second kappa shape index (κ2) is 14.3. The average Bonchev–Trinajstić information content (AvgIpc) is 4.21. The minimum absolute atomic E-state index is 0.0479. The van der Waals surface area contributed by atoms with E-state index in [9.17, 15) is 32.4 Å². The molecule has 4 saturated carbocycles. The lowest BCUT2D eigenvalue weighted by Crippen LogP contribution is -2.74. The van der Waals surface area contributed by atoms with Crippen molar-refractivity contribution in [3.63, 3.8) is 0 Å². The Kier molecular flexibility index (Phi) is 9.20. The van der Waals surface area contributed by atoms with Crippen LogP contribution in [0.15, 0.2) is 39.8 Å². The van der Waals surface area contributed by atoms with E-state index in [1.54, 1.807) is 15.7 Å². The molecule has 6 aliphatic heterocycles. The first-order chi connectivity index (χ1) is 30.8. The molecule has 7 unspecified atom stereocenters. The second-order valence-electron chi connectivity index (χ2n) is 21.3. The maximum atomic E-state index is 14.1. The van der Waals surface area contributed by atoms with Crippen molar-refractivity contribution in [3.05, 3.63) is 46.0 Å². The summed E-state index contributed by atoms with van der Waals surface area (Å²) in [6, 6.07) is 5.57. The Balaban J connectivity index is 0.660. The molecule has 0 bridgehead atoms. The number of piperidine rings is 3. The van der Waals surface area contributed by atoms with Gasteiger partial charge in [0.05, 0.1) is 34.1 Å². The molecule has 7 atom stereocenters. The number of hydrogen-bond acceptors (Lipinski definition) is 8. The Labute approximate surface area is 374 Å². The van der Waals surface area contributed by atoms with Gasteiger partial charge in [-0.05, 0) is 119 Å². The smallest absolute Gasteiger partial charge is 0.329 e. The molecule has 2 N–H and O–H groups in total. The number of carbonyl (C=O) groups excluding carboxylic acids is 4. The van der Waals surface area contributed by atoms with Gasteiger partial charge in [-0.1, -0.05) is 19.4 Å². The summed E-state index contributed by atoms with van der Waals surface area (Å²) in [6.07, 6.45) is 14.8. The molecule has 2 aromatic rings. The summed E-state index contributed by atoms with van der Waals surface area (Å²) in [4.78, 5) is 75.1. The minimum atomic E-state index is -3.69. The Morgan fingerprint density at radius 2 is 1.72 bits per heavy atom. The molecule has 5 saturated heterocycles. The number of likely N-dealkylation sites (tertiary alicyclic amines) is 2. The number of benzene rings is 1. The Morgan fingerprint density at radius 1 is 0.922 bits per heavy atom. The maximum Gasteiger partial charge on any atom is 0.329 e. The minimum Gasteiger partial charge on any atom is -0.350 e. The fraction of sp³-hybridized carbons (Fsp3) is 0.702. The van der Waals surface area contributed by atoms with Crippen LogP contribution < -0.4 is 16.3 Å². The summed E-state index contributed by atoms with van der Waals surface area (Å²) in [7, 11) is -2.02. The largest absolute Gasteiger partial charge is 0.350 e. The number of rotatable bonds is 9. The summed E-state index contributed by atoms with van der Waals surface area (Å²) in [5.74, 6) is 2.19. The van der Waals surface area contributed by atoms with Crippen LogP contribution in [0.25, 0.3) is 11.0 Å². The quantitative estimate of drug-likeness (QED) is 0.361. The normalized spacial score (nSPS) is 34.9. The van der Waals surface area contributed by atoms with Crippen LogP contribution in [0.1, 0.15) is 115 Å². The van der Waals surface area contributed by atoms with E-state index in [1.807, 2.05) is 23.1 Å². The van der Waals surface area contributed by atoms with Crippen molar-refractivity contribution in [2.24, 2.45) is 40.6 Å². The number of fused-ring (bicyclic) bond motifs is 4. The number of imidazole rings is 1. The van der Waals surface area contributed by atoms with Crippen molar-refractivity contribution in [1.29, 1.82) is 0 Å². The molecule has 10 aliphatic rings. The summed E-state index contributed by atoms with van der Waals surface area (Å²) in [5.41, 5.74) is 2.68. The van der Waals surface area contributed by atoms with Crippen LogP contribution in [0.2, 0.25) is 0 Å². The number of nitrogens with one attached hydrogen (secondary N) is 2. The Hall–Kier alpha value is -4.35. The van der Waals surface area contributed by atoms with Crippen LogP contribution in [0, 0.1) is 28.6 Å². The first kappa shape index (κ1) is 41.1. The molecule has 12 rings (SSSR count). The highest BCUT2D eigenvalue weighted by Crippen LogP contribution is 2.86. The molecule has 16 nitrogen and oxygen atoms in total. The molecule has 1 aromatic heterocycles. The SMILES string of the molecule is CC1CCCC1N1C(=O)C2(CC2)C2=CNC(=NC3CCN(S(=O)(=O)N4CC5(CCCCN5C(=O)CCCc5ccc6c(c5)n(C)c(=O)n6C5CCC(=O)NC5=O)C4)CC3)C3C4CC43C21. The monoisotopic (exact) mass is 895 g/mol. The van der Waals surface area contributed by atoms with Crippen LogP contribution in [-0.2, 0) is 42.9 Å². The number of amidine groups is 1. The summed E-state index contributed by atoms with van der Waals surface area (Å²) >= 11 is 0. The van der Waals surface area contributed by atoms with Crippen LogP contribution in [-0.4, -0.2) is 122 Å². The third-order valence-corrected chi connectivity index (χ3v) is 19.8. The zero-order valence-corrected chi connectivity index (χ0v) is 37.9. The predicted octanol–water partition coefficient (Wildman–Crippen LogP) is 3.12. The molecular weight excluding hydrogens is 835 g/mol. The molecule has 3 spiro atoms. The lowest BCUT2D eigenvalue weighted by atomic mass is 9.81. The highest BCUT2D eigenvalue weighted by Gasteiger charge is 2.88. The van der Waals surface area contributed by atoms with E-state index in [2.05, 4.69) is 28.7 Å². The van der Waals surface area contributed by atoms with Crippen LogP contribution in [0.4, 0.5) is 0 Å². The van der Waals surface area contributed by atoms with Gasteiger partial charge in [0.2, 0.25) is 23.6 Å². The van der Waals surface area contributed by atoms with Gasteiger partial charge in [-0.15, -0.1) is 0 Å². The van der Waals surface area contributed by atoms with Crippen molar-refractivity contribution in [1.82, 2.24) is 38.2 Å². The molecule has 342 valence electrons. The van der Waals surface area contributed by atoms with Crippen LogP contribution in [0.5, 0.6) is 0 Å². The first-order valence-corrected chi connectivity index (χ1v) is 25.6. The van der Waals surface area contributed by atoms with Gasteiger partial charge in [0.1, 0.15) is 11.9 Å². The van der Waals surface area contributed by atoms with Crippen molar-refractivity contribution < 1.29 is 27.6 Å². The van der Waals surface area contributed by atoms with Gasteiger partial charge in [-0.25, -0.2) is 4.79 Å². The number of imide groups is 1. The molecule has 0 radical (unpaired) electrons. The fourth-order valence-corrected chi connectivity index (χ4v) is 15.7. The number of hydrogen-bond donors (Lipinski definition) is 2. The van der Waals surface area contributed by atoms with E-state index in [1.165, 1.54) is 34.0 Å². The number of aromatic nitrogens is 2. The molecule has 4 aliphatic carbocycles. The topological polar surface area (TPSA) is 179 Å². The van der Waals surface area contributed by atoms with Crippen LogP contribution in [0.3, 0.4) is 0 Å². The molecular formula is C47H61N9O7S. The van der Waals surface area contributed by atoms with Crippen molar-refractivity contribution in [2.75, 3.05) is 32.7 Å². The molecule has 17 heteroatoms. The van der Waals surface area contributed by atoms with Crippen molar-refractivity contribution in [3.8, 4) is 0 Å². The van der Waals surface area contributed by atoms with Crippen LogP contribution >= 0.6 is 0 Å². The molecule has 7 heterocycles. The molecule has 64 heavy (non-hydrogen) atoms. The van der Waals surface area contributed by atoms with E-state index in [4.69, 9.17) is 4.99 Å². The number of carbonyl (C=O) groups is 4. The van der Waals surface area contributed by atoms with Gasteiger partial charge in [0.15, 0.2) is 0 Å². The van der Waals surface area contributed by atoms with Gasteiger partial charge in [-0.2, -0.15) is 17.0 Å². The molecule has 9 fully saturated rings. The number of aliphatic imine (C=N–C) groups is 1. The van der Waals surface area contributed by atoms with Gasteiger partial charge in [0.25, 0.3) is 10.2 Å². The molecule has 1 aromatic carbocycles. The van der Waals surface area contributed by atoms with Gasteiger partial charge < -0.3 is 15.1 Å². The third-order valence-electron chi connectivity index (χ3n) is 17.9. The Morgan fingerprint density at radius 3 is 2.44 bits per heavy atom. The first-order valence-electron chi connectivity index (χ1n) is 24.2. The van der Waals surface area contributed by atoms with E-state index < -0.39 is 27.7 Å². The zero-order valence-electron chi connectivity index (χ0n) is 37.1. The summed E-state index contributed by atoms with van der Waals surface area (Å²) in [6.45, 7) is 4.45. The Bertz CT molecular complexity index is 2620. The number of aryl methyl sites for hydroxylation is 2. The average molecular weight is 896 g/mol. The molecule has 4 amide bonds. The fourth-order valence-electron chi connectivity index (χ4n) is 13.9. The van der Waals surface area contributed by atoms with Crippen molar-refractivity contribution >= 4 is 50.7 Å². The number of amides is 4. The third kappa shape index (κ3) is 5.93. The lowest BCUT2D eigenvalue weighted by molar-refractivity contribution is -0.147. The second-order valence-corrected chi connectivity index (χ2v) is 23.2. The highest BCUT2D eigenvalue weighted by atomic mass is 32.2. The van der Waals surface area contributed by atoms with Gasteiger partial charge in [-0.3, -0.25) is 38.6 Å². The number of nitrogens with zero attached hydrogens (tertiary/aromatic N) is 7. The van der Waals surface area contributed by atoms with E-state index in [-0.39, 0.29) is 53.3 Å². The van der Waals surface area contributed by atoms with Gasteiger partial charge >= 0.3 is 5.69 Å². The summed E-state index contributed by atoms with van der Waals surface area (Å²) < 4.78 is 34.4. The lowest BCUT2D eigenvalue weighted by Gasteiger charge is -2.57. The van der Waals surface area contributed by atoms with Crippen molar-refractivity contribution in [2.45, 2.75) is 139 Å². The van der Waals surface area contributed by atoms with Gasteiger partial charge in [0, 0.05) is 76.2 Å². The van der Waals surface area contributed by atoms with E-state index in [0.717, 1.165) is 49.9 Å². The van der Waals surface area contributed by atoms with E-state index >= 15 is 0 Å². The highest BCUT2D eigenvalue weighted by molar-refractivity contribution is 7.86. The standard InChI is InChI=1S/C47H61N9O7S/c1-28-7-5-9-33(28)56-40-32(46(18-19-46)43(56)60)25-48-41(39-31-24-47(31,39)40)49-30-15-21-52(22-16-30)64(62,63)53-26-45(27-53)17-3-4-20-54(45)38(58)10-6-8-29-11-12-34-36(23-29)51(2)44(61)55(34)35-13-14-37(57)50-42(35)59/h11-12,23,25,28,30-31,33,35,39-40H,3-10,13-22,24,26-27H2,1-2H3,(H,48,49)(H,50,57,59). The zero-order chi connectivity index (χ0) is 44.1. The van der Waals surface area contributed by atoms with E-state index in [0.29, 0.717) is 106 Å².